The Labute approximate surface area is 290 Å². The number of carbonyl (C=O) groups is 2. The lowest BCUT2D eigenvalue weighted by Gasteiger charge is -2.38. The Balaban J connectivity index is 1.21. The van der Waals surface area contributed by atoms with E-state index < -0.39 is 6.04 Å². The minimum absolute atomic E-state index is 0.0858. The van der Waals surface area contributed by atoms with Crippen LogP contribution in [0.5, 0.6) is 17.2 Å². The van der Waals surface area contributed by atoms with Crippen LogP contribution in [-0.2, 0) is 6.54 Å². The number of likely N-dealkylation sites (N-methyl/N-ethyl adjacent to an activating group) is 1. The normalized spacial score (nSPS) is 16.7. The summed E-state index contributed by atoms with van der Waals surface area (Å²) in [5.41, 5.74) is 3.26. The first-order valence-corrected chi connectivity index (χ1v) is 17.2. The second-order valence-corrected chi connectivity index (χ2v) is 13.3. The monoisotopic (exact) mass is 676 g/mol. The van der Waals surface area contributed by atoms with Crippen molar-refractivity contribution in [2.45, 2.75) is 32.5 Å². The van der Waals surface area contributed by atoms with E-state index in [0.717, 1.165) is 27.6 Å². The SMILES string of the molecule is C[C@@H]1CN([C@H](C)CO)C(=O)c2cccc(NC(=O)c3ccc(-c4nccs4)cc3)c2O[C@H]1CN(C)Cc1ccc(Oc2ccccc2)cc1. The van der Waals surface area contributed by atoms with Gasteiger partial charge in [-0.25, -0.2) is 4.98 Å². The summed E-state index contributed by atoms with van der Waals surface area (Å²) in [5, 5.41) is 15.8. The largest absolute Gasteiger partial charge is 0.486 e. The van der Waals surface area contributed by atoms with Crippen molar-refractivity contribution >= 4 is 28.8 Å². The highest BCUT2D eigenvalue weighted by Gasteiger charge is 2.34. The molecular weight excluding hydrogens is 637 g/mol. The number of fused-ring (bicyclic) bond motifs is 1. The van der Waals surface area contributed by atoms with Crippen LogP contribution in [0.15, 0.2) is 109 Å². The number of benzene rings is 4. The molecule has 49 heavy (non-hydrogen) atoms. The van der Waals surface area contributed by atoms with Gasteiger partial charge in [-0.05, 0) is 68.1 Å². The Morgan fingerprint density at radius 3 is 2.47 bits per heavy atom. The van der Waals surface area contributed by atoms with Crippen LogP contribution in [0.3, 0.4) is 0 Å². The first-order chi connectivity index (χ1) is 23.8. The first kappa shape index (κ1) is 33.9. The molecule has 0 saturated heterocycles. The number of aliphatic hydroxyl groups excluding tert-OH is 1. The van der Waals surface area contributed by atoms with E-state index in [4.69, 9.17) is 9.47 Å². The summed E-state index contributed by atoms with van der Waals surface area (Å²) in [4.78, 5) is 35.6. The predicted octanol–water partition coefficient (Wildman–Crippen LogP) is 7.21. The lowest BCUT2D eigenvalue weighted by Crippen LogP contribution is -2.49. The van der Waals surface area contributed by atoms with E-state index in [1.165, 1.54) is 11.3 Å². The standard InChI is InChI=1S/C39H40N4O5S/c1-26-22-43(27(2)25-44)39(46)33-10-7-11-34(41-37(45)29-14-16-30(17-15-29)38-40-20-21-49-38)36(33)48-35(26)24-42(3)23-28-12-18-32(19-13-28)47-31-8-5-4-6-9-31/h4-21,26-27,35,44H,22-25H2,1-3H3,(H,41,45)/t26-,27-,35+/m1/s1. The third kappa shape index (κ3) is 8.17. The molecule has 0 aliphatic carbocycles. The average Bonchev–Trinajstić information content (AvgIpc) is 3.66. The highest BCUT2D eigenvalue weighted by Crippen LogP contribution is 2.35. The maximum Gasteiger partial charge on any atom is 0.258 e. The summed E-state index contributed by atoms with van der Waals surface area (Å²) in [5.74, 6) is 1.21. The number of thiazole rings is 1. The molecule has 0 fully saturated rings. The second-order valence-electron chi connectivity index (χ2n) is 12.4. The van der Waals surface area contributed by atoms with E-state index in [-0.39, 0.29) is 30.4 Å². The molecule has 0 unspecified atom stereocenters. The summed E-state index contributed by atoms with van der Waals surface area (Å²) in [6.07, 6.45) is 1.42. The molecular formula is C39H40N4O5S. The van der Waals surface area contributed by atoms with Crippen molar-refractivity contribution < 1.29 is 24.2 Å². The van der Waals surface area contributed by atoms with E-state index >= 15 is 0 Å². The summed E-state index contributed by atoms with van der Waals surface area (Å²) in [6.45, 7) is 5.34. The minimum Gasteiger partial charge on any atom is -0.486 e. The highest BCUT2D eigenvalue weighted by atomic mass is 32.1. The molecule has 10 heteroatoms. The van der Waals surface area contributed by atoms with Gasteiger partial charge in [-0.15, -0.1) is 11.3 Å². The van der Waals surface area contributed by atoms with E-state index in [1.807, 2.05) is 86.1 Å². The Morgan fingerprint density at radius 2 is 1.78 bits per heavy atom. The number of amides is 2. The molecule has 252 valence electrons. The Bertz CT molecular complexity index is 1850. The average molecular weight is 677 g/mol. The topological polar surface area (TPSA) is 104 Å². The van der Waals surface area contributed by atoms with Crippen molar-refractivity contribution in [2.24, 2.45) is 5.92 Å². The smallest absolute Gasteiger partial charge is 0.258 e. The van der Waals surface area contributed by atoms with Gasteiger partial charge in [-0.1, -0.05) is 55.5 Å². The van der Waals surface area contributed by atoms with Gasteiger partial charge < -0.3 is 24.8 Å². The van der Waals surface area contributed by atoms with Crippen LogP contribution in [0, 0.1) is 5.92 Å². The molecule has 1 aliphatic rings. The Hall–Kier alpha value is -5.03. The number of carbonyl (C=O) groups excluding carboxylic acids is 2. The van der Waals surface area contributed by atoms with E-state index in [9.17, 15) is 14.7 Å². The van der Waals surface area contributed by atoms with Crippen molar-refractivity contribution in [1.82, 2.24) is 14.8 Å². The Kier molecular flexibility index (Phi) is 10.7. The third-order valence-corrected chi connectivity index (χ3v) is 9.43. The number of nitrogens with one attached hydrogen (secondary N) is 1. The van der Waals surface area contributed by atoms with Gasteiger partial charge in [0.05, 0.1) is 23.9 Å². The number of anilines is 1. The molecule has 6 rings (SSSR count). The summed E-state index contributed by atoms with van der Waals surface area (Å²) >= 11 is 1.53. The van der Waals surface area contributed by atoms with Gasteiger partial charge in [0.2, 0.25) is 0 Å². The number of hydrogen-bond acceptors (Lipinski definition) is 8. The minimum atomic E-state index is -0.398. The molecule has 1 aromatic heterocycles. The van der Waals surface area contributed by atoms with Gasteiger partial charge in [0.1, 0.15) is 22.6 Å². The van der Waals surface area contributed by atoms with Crippen molar-refractivity contribution in [3.05, 3.63) is 125 Å². The van der Waals surface area contributed by atoms with E-state index in [2.05, 4.69) is 22.1 Å². The molecule has 0 bridgehead atoms. The number of nitrogens with zero attached hydrogens (tertiary/aromatic N) is 3. The zero-order chi connectivity index (χ0) is 34.3. The van der Waals surface area contributed by atoms with Gasteiger partial charge in [0, 0.05) is 48.3 Å². The molecule has 3 atom stereocenters. The molecule has 2 heterocycles. The molecule has 0 saturated carbocycles. The number of para-hydroxylation sites is 2. The zero-order valence-electron chi connectivity index (χ0n) is 27.8. The third-order valence-electron chi connectivity index (χ3n) is 8.61. The van der Waals surface area contributed by atoms with E-state index in [1.54, 1.807) is 41.4 Å². The molecule has 0 radical (unpaired) electrons. The fraction of sp³-hybridized carbons (Fsp3) is 0.256. The van der Waals surface area contributed by atoms with E-state index in [0.29, 0.717) is 42.2 Å². The van der Waals surface area contributed by atoms with Crippen molar-refractivity contribution in [3.63, 3.8) is 0 Å². The second kappa shape index (κ2) is 15.5. The van der Waals surface area contributed by atoms with Crippen molar-refractivity contribution in [2.75, 3.05) is 32.1 Å². The number of ether oxygens (including phenoxy) is 2. The van der Waals surface area contributed by atoms with Gasteiger partial charge in [-0.2, -0.15) is 0 Å². The van der Waals surface area contributed by atoms with Gasteiger partial charge in [-0.3, -0.25) is 14.5 Å². The van der Waals surface area contributed by atoms with Crippen LogP contribution in [0.2, 0.25) is 0 Å². The predicted molar refractivity (Wildman–Crippen MR) is 192 cm³/mol. The molecule has 1 aliphatic heterocycles. The lowest BCUT2D eigenvalue weighted by atomic mass is 9.98. The quantitative estimate of drug-likeness (QED) is 0.152. The molecule has 9 nitrogen and oxygen atoms in total. The van der Waals surface area contributed by atoms with Gasteiger partial charge >= 0.3 is 0 Å². The van der Waals surface area contributed by atoms with Crippen molar-refractivity contribution in [3.8, 4) is 27.8 Å². The van der Waals surface area contributed by atoms with Gasteiger partial charge in [0.25, 0.3) is 11.8 Å². The van der Waals surface area contributed by atoms with Crippen LogP contribution >= 0.6 is 11.3 Å². The molecule has 2 amide bonds. The first-order valence-electron chi connectivity index (χ1n) is 16.3. The van der Waals surface area contributed by atoms with Crippen molar-refractivity contribution in [1.29, 1.82) is 0 Å². The highest BCUT2D eigenvalue weighted by molar-refractivity contribution is 7.13. The summed E-state index contributed by atoms with van der Waals surface area (Å²) in [6, 6.07) is 29.8. The molecule has 5 aromatic rings. The molecule has 4 aromatic carbocycles. The number of aromatic nitrogens is 1. The maximum absolute atomic E-state index is 13.9. The summed E-state index contributed by atoms with van der Waals surface area (Å²) in [7, 11) is 2.03. The zero-order valence-corrected chi connectivity index (χ0v) is 28.6. The molecule has 0 spiro atoms. The van der Waals surface area contributed by atoms with Crippen LogP contribution in [0.4, 0.5) is 5.69 Å². The maximum atomic E-state index is 13.9. The van der Waals surface area contributed by atoms with Crippen LogP contribution in [0.25, 0.3) is 10.6 Å². The number of aliphatic hydroxyl groups is 1. The summed E-state index contributed by atoms with van der Waals surface area (Å²) < 4.78 is 12.7. The van der Waals surface area contributed by atoms with Gasteiger partial charge in [0.15, 0.2) is 5.75 Å². The van der Waals surface area contributed by atoms with Crippen LogP contribution in [-0.4, -0.2) is 70.6 Å². The number of rotatable bonds is 11. The number of hydrogen-bond donors (Lipinski definition) is 2. The lowest BCUT2D eigenvalue weighted by molar-refractivity contribution is 0.0343. The molecule has 2 N–H and O–H groups in total. The fourth-order valence-electron chi connectivity index (χ4n) is 5.86. The Morgan fingerprint density at radius 1 is 1.04 bits per heavy atom. The van der Waals surface area contributed by atoms with Crippen LogP contribution in [0.1, 0.15) is 40.1 Å². The van der Waals surface area contributed by atoms with Crippen LogP contribution < -0.4 is 14.8 Å². The fourth-order valence-corrected chi connectivity index (χ4v) is 6.50.